The van der Waals surface area contributed by atoms with Crippen LogP contribution in [0.2, 0.25) is 0 Å². The number of allylic oxidation sites excluding steroid dienone is 2. The van der Waals surface area contributed by atoms with Gasteiger partial charge in [0.2, 0.25) is 5.91 Å². The number of carbonyl (C=O) groups is 1. The molecular weight excluding hydrogens is 241 g/mol. The molecule has 0 spiro atoms. The molecule has 100 valence electrons. The Morgan fingerprint density at radius 2 is 2.11 bits per heavy atom. The zero-order chi connectivity index (χ0) is 13.2. The van der Waals surface area contributed by atoms with Gasteiger partial charge in [0.1, 0.15) is 5.82 Å². The van der Waals surface area contributed by atoms with Crippen LogP contribution in [0.4, 0.5) is 10.1 Å². The van der Waals surface area contributed by atoms with Crippen LogP contribution in [0.25, 0.3) is 0 Å². The summed E-state index contributed by atoms with van der Waals surface area (Å²) in [6, 6.07) is 6.33. The van der Waals surface area contributed by atoms with Crippen LogP contribution in [0.15, 0.2) is 36.4 Å². The van der Waals surface area contributed by atoms with Gasteiger partial charge in [0, 0.05) is 5.92 Å². The molecule has 3 atom stereocenters. The minimum atomic E-state index is -0.371. The van der Waals surface area contributed by atoms with E-state index in [2.05, 4.69) is 17.5 Å². The molecule has 1 aromatic carbocycles. The third-order valence-electron chi connectivity index (χ3n) is 4.18. The monoisotopic (exact) mass is 259 g/mol. The third kappa shape index (κ3) is 2.55. The lowest BCUT2D eigenvalue weighted by Crippen LogP contribution is -2.16. The molecule has 3 rings (SSSR count). The molecule has 3 heteroatoms. The number of amides is 1. The van der Waals surface area contributed by atoms with Crippen molar-refractivity contribution in [3.05, 3.63) is 42.2 Å². The van der Waals surface area contributed by atoms with E-state index in [1.165, 1.54) is 18.9 Å². The number of anilines is 1. The first-order chi connectivity index (χ1) is 9.27. The molecule has 1 saturated carbocycles. The number of hydrogen-bond acceptors (Lipinski definition) is 1. The van der Waals surface area contributed by atoms with Crippen molar-refractivity contribution in [3.8, 4) is 0 Å². The second-order valence-electron chi connectivity index (χ2n) is 5.45. The van der Waals surface area contributed by atoms with Crippen LogP contribution in [0, 0.1) is 23.6 Å². The molecule has 2 aliphatic rings. The van der Waals surface area contributed by atoms with Crippen LogP contribution in [-0.4, -0.2) is 5.91 Å². The Labute approximate surface area is 112 Å². The van der Waals surface area contributed by atoms with Crippen LogP contribution < -0.4 is 5.32 Å². The van der Waals surface area contributed by atoms with E-state index >= 15 is 0 Å². The van der Waals surface area contributed by atoms with Crippen molar-refractivity contribution < 1.29 is 9.18 Å². The molecule has 1 amide bonds. The van der Waals surface area contributed by atoms with Crippen LogP contribution in [-0.2, 0) is 4.79 Å². The van der Waals surface area contributed by atoms with Crippen molar-refractivity contribution in [1.29, 1.82) is 0 Å². The Morgan fingerprint density at radius 3 is 2.95 bits per heavy atom. The van der Waals surface area contributed by atoms with Gasteiger partial charge in [-0.3, -0.25) is 4.79 Å². The van der Waals surface area contributed by atoms with Crippen LogP contribution in [0.3, 0.4) is 0 Å². The van der Waals surface area contributed by atoms with Gasteiger partial charge >= 0.3 is 0 Å². The molecule has 2 aliphatic carbocycles. The Bertz CT molecular complexity index is 511. The van der Waals surface area contributed by atoms with Gasteiger partial charge in [-0.05, 0) is 43.2 Å². The van der Waals surface area contributed by atoms with Crippen molar-refractivity contribution >= 4 is 11.6 Å². The van der Waals surface area contributed by atoms with E-state index in [0.29, 0.717) is 11.8 Å². The number of fused-ring (bicyclic) bond motifs is 1. The van der Waals surface area contributed by atoms with E-state index in [-0.39, 0.29) is 23.3 Å². The highest BCUT2D eigenvalue weighted by Gasteiger charge is 2.52. The fraction of sp³-hybridized carbons (Fsp3) is 0.438. The average molecular weight is 259 g/mol. The second-order valence-corrected chi connectivity index (χ2v) is 5.45. The summed E-state index contributed by atoms with van der Waals surface area (Å²) in [6.45, 7) is 0. The summed E-state index contributed by atoms with van der Waals surface area (Å²) in [5, 5.41) is 2.72. The standard InChI is InChI=1S/C16H18FNO/c17-13-9-5-6-10-14(13)18-16(19)15-11-7-3-1-2-4-8-12(11)15/h3,5-7,9-12,15H,1-2,4,8H2,(H,18,19)/b7-3-. The lowest BCUT2D eigenvalue weighted by Gasteiger charge is -2.05. The van der Waals surface area contributed by atoms with E-state index in [1.54, 1.807) is 18.2 Å². The highest BCUT2D eigenvalue weighted by atomic mass is 19.1. The quantitative estimate of drug-likeness (QED) is 0.805. The summed E-state index contributed by atoms with van der Waals surface area (Å²) in [7, 11) is 0. The minimum absolute atomic E-state index is 0.0355. The average Bonchev–Trinajstić information content (AvgIpc) is 3.03. The molecule has 0 radical (unpaired) electrons. The van der Waals surface area contributed by atoms with Crippen LogP contribution >= 0.6 is 0 Å². The van der Waals surface area contributed by atoms with Crippen molar-refractivity contribution in [2.24, 2.45) is 17.8 Å². The normalized spacial score (nSPS) is 30.7. The SMILES string of the molecule is O=C(Nc1ccccc1F)C1C2/C=C\CCCCC21. The number of halogens is 1. The molecule has 19 heavy (non-hydrogen) atoms. The molecule has 0 heterocycles. The highest BCUT2D eigenvalue weighted by Crippen LogP contribution is 2.51. The largest absolute Gasteiger partial charge is 0.323 e. The van der Waals surface area contributed by atoms with E-state index in [9.17, 15) is 9.18 Å². The van der Waals surface area contributed by atoms with Gasteiger partial charge in [0.25, 0.3) is 0 Å². The highest BCUT2D eigenvalue weighted by molar-refractivity contribution is 5.95. The molecule has 0 aromatic heterocycles. The summed E-state index contributed by atoms with van der Waals surface area (Å²) < 4.78 is 13.5. The predicted octanol–water partition coefficient (Wildman–Crippen LogP) is 3.76. The minimum Gasteiger partial charge on any atom is -0.323 e. The fourth-order valence-electron chi connectivity index (χ4n) is 3.08. The van der Waals surface area contributed by atoms with Crippen LogP contribution in [0.5, 0.6) is 0 Å². The number of hydrogen-bond donors (Lipinski definition) is 1. The van der Waals surface area contributed by atoms with Gasteiger partial charge in [-0.2, -0.15) is 0 Å². The van der Waals surface area contributed by atoms with E-state index < -0.39 is 0 Å². The number of benzene rings is 1. The Balaban J connectivity index is 1.67. The molecule has 0 aliphatic heterocycles. The summed E-state index contributed by atoms with van der Waals surface area (Å²) in [5.41, 5.74) is 0.288. The fourth-order valence-corrected chi connectivity index (χ4v) is 3.08. The number of para-hydroxylation sites is 1. The van der Waals surface area contributed by atoms with Gasteiger partial charge in [0.15, 0.2) is 0 Å². The molecular formula is C16H18FNO. The van der Waals surface area contributed by atoms with E-state index in [1.807, 2.05) is 0 Å². The van der Waals surface area contributed by atoms with Crippen LogP contribution in [0.1, 0.15) is 25.7 Å². The van der Waals surface area contributed by atoms with Crippen molar-refractivity contribution in [2.45, 2.75) is 25.7 Å². The molecule has 1 N–H and O–H groups in total. The first kappa shape index (κ1) is 12.4. The van der Waals surface area contributed by atoms with Gasteiger partial charge in [-0.1, -0.05) is 30.7 Å². The third-order valence-corrected chi connectivity index (χ3v) is 4.18. The number of rotatable bonds is 2. The lowest BCUT2D eigenvalue weighted by atomic mass is 10.1. The number of carbonyl (C=O) groups excluding carboxylic acids is 1. The topological polar surface area (TPSA) is 29.1 Å². The maximum absolute atomic E-state index is 13.5. The molecule has 1 fully saturated rings. The zero-order valence-electron chi connectivity index (χ0n) is 10.8. The van der Waals surface area contributed by atoms with Gasteiger partial charge in [-0.25, -0.2) is 4.39 Å². The van der Waals surface area contributed by atoms with Gasteiger partial charge in [-0.15, -0.1) is 0 Å². The molecule has 2 nitrogen and oxygen atoms in total. The second kappa shape index (κ2) is 5.16. The Hall–Kier alpha value is -1.64. The summed E-state index contributed by atoms with van der Waals surface area (Å²) in [5.74, 6) is 0.459. The summed E-state index contributed by atoms with van der Waals surface area (Å²) >= 11 is 0. The summed E-state index contributed by atoms with van der Waals surface area (Å²) in [6.07, 6.45) is 8.99. The van der Waals surface area contributed by atoms with Gasteiger partial charge in [0.05, 0.1) is 5.69 Å². The van der Waals surface area contributed by atoms with E-state index in [4.69, 9.17) is 0 Å². The maximum atomic E-state index is 13.5. The summed E-state index contributed by atoms with van der Waals surface area (Å²) in [4.78, 5) is 12.2. The predicted molar refractivity (Wildman–Crippen MR) is 73.1 cm³/mol. The number of nitrogens with one attached hydrogen (secondary N) is 1. The van der Waals surface area contributed by atoms with E-state index in [0.717, 1.165) is 12.8 Å². The Kier molecular flexibility index (Phi) is 3.36. The molecule has 0 bridgehead atoms. The smallest absolute Gasteiger partial charge is 0.228 e. The van der Waals surface area contributed by atoms with Gasteiger partial charge < -0.3 is 5.32 Å². The van der Waals surface area contributed by atoms with Crippen molar-refractivity contribution in [1.82, 2.24) is 0 Å². The van der Waals surface area contributed by atoms with Crippen molar-refractivity contribution in [3.63, 3.8) is 0 Å². The molecule has 1 aromatic rings. The molecule has 3 unspecified atom stereocenters. The Morgan fingerprint density at radius 1 is 1.26 bits per heavy atom. The molecule has 0 saturated heterocycles. The van der Waals surface area contributed by atoms with Crippen molar-refractivity contribution in [2.75, 3.05) is 5.32 Å². The lowest BCUT2D eigenvalue weighted by molar-refractivity contribution is -0.117. The zero-order valence-corrected chi connectivity index (χ0v) is 10.8. The maximum Gasteiger partial charge on any atom is 0.228 e. The first-order valence-electron chi connectivity index (χ1n) is 6.99. The first-order valence-corrected chi connectivity index (χ1v) is 6.99.